The summed E-state index contributed by atoms with van der Waals surface area (Å²) in [7, 11) is 1.52. The van der Waals surface area contributed by atoms with Crippen LogP contribution in [0.4, 0.5) is 4.39 Å². The van der Waals surface area contributed by atoms with Gasteiger partial charge in [-0.25, -0.2) is 4.39 Å². The van der Waals surface area contributed by atoms with Gasteiger partial charge in [0.05, 0.1) is 0 Å². The predicted molar refractivity (Wildman–Crippen MR) is 48.3 cm³/mol. The lowest BCUT2D eigenvalue weighted by atomic mass is 10.1. The Hall–Kier alpha value is -1.09. The molecule has 0 heterocycles. The second-order valence-corrected chi connectivity index (χ2v) is 2.66. The molecule has 0 saturated heterocycles. The molecule has 0 aliphatic heterocycles. The zero-order valence-corrected chi connectivity index (χ0v) is 7.84. The van der Waals surface area contributed by atoms with Gasteiger partial charge >= 0.3 is 0 Å². The molecule has 13 heavy (non-hydrogen) atoms. The number of halogens is 1. The van der Waals surface area contributed by atoms with E-state index in [9.17, 15) is 4.39 Å². The number of hydrogen-bond donors (Lipinski definition) is 0. The molecule has 0 aliphatic rings. The molecular formula is C10H13FO2. The summed E-state index contributed by atoms with van der Waals surface area (Å²) < 4.78 is 22.9. The normalized spacial score (nSPS) is 10.1. The van der Waals surface area contributed by atoms with E-state index in [0.717, 1.165) is 0 Å². The van der Waals surface area contributed by atoms with Crippen LogP contribution in [0, 0.1) is 5.82 Å². The van der Waals surface area contributed by atoms with Crippen LogP contribution >= 0.6 is 0 Å². The van der Waals surface area contributed by atoms with Crippen molar-refractivity contribution < 1.29 is 13.9 Å². The second-order valence-electron chi connectivity index (χ2n) is 2.66. The number of rotatable bonds is 4. The highest BCUT2D eigenvalue weighted by Gasteiger charge is 2.01. The van der Waals surface area contributed by atoms with Gasteiger partial charge in [-0.3, -0.25) is 0 Å². The number of aryl methyl sites for hydroxylation is 1. The van der Waals surface area contributed by atoms with Crippen molar-refractivity contribution in [2.24, 2.45) is 0 Å². The van der Waals surface area contributed by atoms with Gasteiger partial charge < -0.3 is 9.47 Å². The molecule has 1 aromatic carbocycles. The Bertz CT molecular complexity index is 274. The van der Waals surface area contributed by atoms with E-state index in [0.29, 0.717) is 17.7 Å². The minimum absolute atomic E-state index is 0.144. The van der Waals surface area contributed by atoms with Gasteiger partial charge in [-0.15, -0.1) is 0 Å². The van der Waals surface area contributed by atoms with Crippen LogP contribution in [0.25, 0.3) is 0 Å². The molecule has 0 radical (unpaired) electrons. The summed E-state index contributed by atoms with van der Waals surface area (Å²) in [5, 5.41) is 0. The summed E-state index contributed by atoms with van der Waals surface area (Å²) in [5.41, 5.74) is 0.699. The zero-order chi connectivity index (χ0) is 9.68. The fourth-order valence-corrected chi connectivity index (χ4v) is 1.03. The van der Waals surface area contributed by atoms with E-state index in [1.807, 2.05) is 6.92 Å². The first-order valence-electron chi connectivity index (χ1n) is 4.18. The van der Waals surface area contributed by atoms with Gasteiger partial charge in [0, 0.05) is 13.2 Å². The van der Waals surface area contributed by atoms with Crippen molar-refractivity contribution in [2.75, 3.05) is 13.9 Å². The van der Waals surface area contributed by atoms with Crippen LogP contribution < -0.4 is 4.74 Å². The van der Waals surface area contributed by atoms with Crippen molar-refractivity contribution in [3.8, 4) is 5.75 Å². The zero-order valence-electron chi connectivity index (χ0n) is 7.84. The molecule has 0 unspecified atom stereocenters. The van der Waals surface area contributed by atoms with Crippen molar-refractivity contribution in [3.63, 3.8) is 0 Å². The third kappa shape index (κ3) is 2.70. The summed E-state index contributed by atoms with van der Waals surface area (Å²) in [6, 6.07) is 4.83. The maximum Gasteiger partial charge on any atom is 0.188 e. The molecule has 0 amide bonds. The lowest BCUT2D eigenvalue weighted by molar-refractivity contribution is 0.0509. The highest BCUT2D eigenvalue weighted by Crippen LogP contribution is 2.16. The first-order valence-corrected chi connectivity index (χ1v) is 4.18. The first kappa shape index (κ1) is 9.99. The third-order valence-corrected chi connectivity index (χ3v) is 1.75. The molecule has 0 spiro atoms. The van der Waals surface area contributed by atoms with E-state index in [2.05, 4.69) is 0 Å². The van der Waals surface area contributed by atoms with Crippen LogP contribution in [-0.2, 0) is 11.2 Å². The van der Waals surface area contributed by atoms with Crippen LogP contribution in [0.5, 0.6) is 5.75 Å². The molecule has 0 N–H and O–H groups in total. The minimum atomic E-state index is -0.226. The standard InChI is InChI=1S/C10H13FO2/c1-3-8-4-5-9(6-10(8)11)13-7-12-2/h4-6H,3,7H2,1-2H3. The van der Waals surface area contributed by atoms with Gasteiger partial charge in [0.25, 0.3) is 0 Å². The van der Waals surface area contributed by atoms with Crippen LogP contribution in [0.2, 0.25) is 0 Å². The first-order chi connectivity index (χ1) is 6.27. The fraction of sp³-hybridized carbons (Fsp3) is 0.400. The molecule has 2 nitrogen and oxygen atoms in total. The average Bonchev–Trinajstić information content (AvgIpc) is 2.15. The van der Waals surface area contributed by atoms with Crippen molar-refractivity contribution in [3.05, 3.63) is 29.6 Å². The smallest absolute Gasteiger partial charge is 0.188 e. The number of hydrogen-bond acceptors (Lipinski definition) is 2. The van der Waals surface area contributed by atoms with E-state index >= 15 is 0 Å². The van der Waals surface area contributed by atoms with Gasteiger partial charge in [-0.2, -0.15) is 0 Å². The summed E-state index contributed by atoms with van der Waals surface area (Å²) in [5.74, 6) is 0.271. The lowest BCUT2D eigenvalue weighted by Gasteiger charge is -2.05. The van der Waals surface area contributed by atoms with Gasteiger partial charge in [0.1, 0.15) is 11.6 Å². The molecular weight excluding hydrogens is 171 g/mol. The lowest BCUT2D eigenvalue weighted by Crippen LogP contribution is -1.99. The highest BCUT2D eigenvalue weighted by molar-refractivity contribution is 5.28. The van der Waals surface area contributed by atoms with Gasteiger partial charge in [-0.1, -0.05) is 13.0 Å². The van der Waals surface area contributed by atoms with E-state index in [1.54, 1.807) is 12.1 Å². The minimum Gasteiger partial charge on any atom is -0.467 e. The maximum absolute atomic E-state index is 13.2. The largest absolute Gasteiger partial charge is 0.467 e. The van der Waals surface area contributed by atoms with Gasteiger partial charge in [-0.05, 0) is 18.1 Å². The Morgan fingerprint density at radius 1 is 1.38 bits per heavy atom. The molecule has 3 heteroatoms. The second kappa shape index (κ2) is 4.82. The Morgan fingerprint density at radius 3 is 2.69 bits per heavy atom. The Kier molecular flexibility index (Phi) is 3.71. The summed E-state index contributed by atoms with van der Waals surface area (Å²) in [6.45, 7) is 2.05. The Morgan fingerprint density at radius 2 is 2.15 bits per heavy atom. The SMILES string of the molecule is CCc1ccc(OCOC)cc1F. The molecule has 72 valence electrons. The van der Waals surface area contributed by atoms with E-state index in [4.69, 9.17) is 9.47 Å². The number of methoxy groups -OCH3 is 1. The van der Waals surface area contributed by atoms with Crippen molar-refractivity contribution >= 4 is 0 Å². The monoisotopic (exact) mass is 184 g/mol. The molecule has 0 aliphatic carbocycles. The van der Waals surface area contributed by atoms with E-state index in [1.165, 1.54) is 13.2 Å². The van der Waals surface area contributed by atoms with Crippen molar-refractivity contribution in [1.29, 1.82) is 0 Å². The number of ether oxygens (including phenoxy) is 2. The summed E-state index contributed by atoms with van der Waals surface area (Å²) in [6.07, 6.45) is 0.691. The van der Waals surface area contributed by atoms with Gasteiger partial charge in [0.2, 0.25) is 0 Å². The third-order valence-electron chi connectivity index (χ3n) is 1.75. The Balaban J connectivity index is 2.71. The molecule has 0 aromatic heterocycles. The molecule has 1 aromatic rings. The molecule has 0 atom stereocenters. The van der Waals surface area contributed by atoms with Crippen LogP contribution in [0.3, 0.4) is 0 Å². The highest BCUT2D eigenvalue weighted by atomic mass is 19.1. The number of benzene rings is 1. The van der Waals surface area contributed by atoms with E-state index < -0.39 is 0 Å². The van der Waals surface area contributed by atoms with Crippen molar-refractivity contribution in [1.82, 2.24) is 0 Å². The Labute approximate surface area is 77.3 Å². The van der Waals surface area contributed by atoms with Crippen molar-refractivity contribution in [2.45, 2.75) is 13.3 Å². The quantitative estimate of drug-likeness (QED) is 0.669. The summed E-state index contributed by atoms with van der Waals surface area (Å²) >= 11 is 0. The van der Waals surface area contributed by atoms with Crippen LogP contribution in [-0.4, -0.2) is 13.9 Å². The molecule has 0 fully saturated rings. The van der Waals surface area contributed by atoms with Gasteiger partial charge in [0.15, 0.2) is 6.79 Å². The predicted octanol–water partition coefficient (Wildman–Crippen LogP) is 2.37. The fourth-order valence-electron chi connectivity index (χ4n) is 1.03. The molecule has 0 saturated carbocycles. The van der Waals surface area contributed by atoms with Crippen LogP contribution in [0.15, 0.2) is 18.2 Å². The van der Waals surface area contributed by atoms with Crippen LogP contribution in [0.1, 0.15) is 12.5 Å². The topological polar surface area (TPSA) is 18.5 Å². The maximum atomic E-state index is 13.2. The molecule has 0 bridgehead atoms. The van der Waals surface area contributed by atoms with E-state index in [-0.39, 0.29) is 12.6 Å². The average molecular weight is 184 g/mol. The molecule has 1 rings (SSSR count). The summed E-state index contributed by atoms with van der Waals surface area (Å²) in [4.78, 5) is 0.